The molecule has 90 valence electrons. The van der Waals surface area contributed by atoms with Gasteiger partial charge >= 0.3 is 0 Å². The Morgan fingerprint density at radius 1 is 1.29 bits per heavy atom. The van der Waals surface area contributed by atoms with Crippen LogP contribution in [0.5, 0.6) is 0 Å². The molecule has 17 heavy (non-hydrogen) atoms. The summed E-state index contributed by atoms with van der Waals surface area (Å²) >= 11 is 0. The second kappa shape index (κ2) is 5.15. The van der Waals surface area contributed by atoms with Crippen LogP contribution in [0.1, 0.15) is 12.8 Å². The maximum atomic E-state index is 12.8. The van der Waals surface area contributed by atoms with Gasteiger partial charge in [-0.2, -0.15) is 5.26 Å². The topological polar surface area (TPSA) is 47.3 Å². The molecule has 0 radical (unpaired) electrons. The van der Waals surface area contributed by atoms with Crippen LogP contribution >= 0.6 is 0 Å². The molecule has 1 N–H and O–H groups in total. The van der Waals surface area contributed by atoms with Gasteiger partial charge in [-0.05, 0) is 37.1 Å². The molecule has 1 saturated heterocycles. The molecule has 1 fully saturated rings. The van der Waals surface area contributed by atoms with E-state index in [-0.39, 0.29) is 11.7 Å². The molecule has 0 aromatic heterocycles. The Hall–Kier alpha value is -1.60. The van der Waals surface area contributed by atoms with Crippen LogP contribution < -0.4 is 4.90 Å². The molecule has 2 rings (SSSR count). The summed E-state index contributed by atoms with van der Waals surface area (Å²) in [4.78, 5) is 2.15. The van der Waals surface area contributed by atoms with Gasteiger partial charge in [-0.25, -0.2) is 4.39 Å². The molecule has 4 heteroatoms. The number of piperidine rings is 1. The first-order valence-electron chi connectivity index (χ1n) is 5.79. The molecule has 3 nitrogen and oxygen atoms in total. The van der Waals surface area contributed by atoms with E-state index in [1.54, 1.807) is 12.1 Å². The fraction of sp³-hybridized carbons (Fsp3) is 0.462. The van der Waals surface area contributed by atoms with Crippen molar-refractivity contribution in [2.24, 2.45) is 5.92 Å². The number of rotatable bonds is 2. The number of nitrogens with zero attached hydrogens (tertiary/aromatic N) is 2. The molecule has 0 bridgehead atoms. The smallest absolute Gasteiger partial charge is 0.143 e. The summed E-state index contributed by atoms with van der Waals surface area (Å²) < 4.78 is 12.8. The summed E-state index contributed by atoms with van der Waals surface area (Å²) in [5, 5.41) is 18.1. The summed E-state index contributed by atoms with van der Waals surface area (Å²) in [6.45, 7) is 1.60. The third-order valence-electron chi connectivity index (χ3n) is 3.31. The Balaban J connectivity index is 1.95. The summed E-state index contributed by atoms with van der Waals surface area (Å²) in [5.41, 5.74) is 0.997. The Labute approximate surface area is 100 Å². The minimum atomic E-state index is -0.856. The fourth-order valence-corrected chi connectivity index (χ4v) is 2.23. The highest BCUT2D eigenvalue weighted by molar-refractivity contribution is 5.46. The van der Waals surface area contributed by atoms with Crippen LogP contribution in [0.25, 0.3) is 0 Å². The summed E-state index contributed by atoms with van der Waals surface area (Å²) in [7, 11) is 0. The molecule has 0 amide bonds. The van der Waals surface area contributed by atoms with Crippen molar-refractivity contribution in [1.82, 2.24) is 0 Å². The molecule has 1 aliphatic rings. The van der Waals surface area contributed by atoms with Gasteiger partial charge in [0.05, 0.1) is 6.07 Å². The van der Waals surface area contributed by atoms with E-state index in [0.29, 0.717) is 0 Å². The van der Waals surface area contributed by atoms with Crippen molar-refractivity contribution in [3.05, 3.63) is 30.1 Å². The van der Waals surface area contributed by atoms with Gasteiger partial charge in [-0.15, -0.1) is 0 Å². The molecule has 1 heterocycles. The number of aliphatic hydroxyl groups excluding tert-OH is 1. The van der Waals surface area contributed by atoms with Gasteiger partial charge in [-0.3, -0.25) is 0 Å². The SMILES string of the molecule is N#CC(O)C1CCN(c2ccc(F)cc2)CC1. The Morgan fingerprint density at radius 3 is 2.41 bits per heavy atom. The zero-order valence-corrected chi connectivity index (χ0v) is 9.51. The highest BCUT2D eigenvalue weighted by atomic mass is 19.1. The molecular weight excluding hydrogens is 219 g/mol. The van der Waals surface area contributed by atoms with Crippen molar-refractivity contribution in [3.8, 4) is 6.07 Å². The van der Waals surface area contributed by atoms with Crippen molar-refractivity contribution in [1.29, 1.82) is 5.26 Å². The van der Waals surface area contributed by atoms with Crippen LogP contribution in [0.3, 0.4) is 0 Å². The Kier molecular flexibility index (Phi) is 3.60. The molecular formula is C13H15FN2O. The van der Waals surface area contributed by atoms with Crippen molar-refractivity contribution in [3.63, 3.8) is 0 Å². The average molecular weight is 234 g/mol. The maximum Gasteiger partial charge on any atom is 0.143 e. The maximum absolute atomic E-state index is 12.8. The predicted molar refractivity (Wildman–Crippen MR) is 63.0 cm³/mol. The predicted octanol–water partition coefficient (Wildman–Crippen LogP) is 1.93. The standard InChI is InChI=1S/C13H15FN2O/c14-11-1-3-12(4-2-11)16-7-5-10(6-8-16)13(17)9-15/h1-4,10,13,17H,5-8H2. The van der Waals surface area contributed by atoms with E-state index in [2.05, 4.69) is 4.90 Å². The van der Waals surface area contributed by atoms with Crippen molar-refractivity contribution in [2.75, 3.05) is 18.0 Å². The number of anilines is 1. The highest BCUT2D eigenvalue weighted by Crippen LogP contribution is 2.25. The zero-order chi connectivity index (χ0) is 12.3. The van der Waals surface area contributed by atoms with Gasteiger partial charge in [0, 0.05) is 24.7 Å². The van der Waals surface area contributed by atoms with Gasteiger partial charge < -0.3 is 10.0 Å². The van der Waals surface area contributed by atoms with Gasteiger partial charge in [0.25, 0.3) is 0 Å². The number of hydrogen-bond acceptors (Lipinski definition) is 3. The first-order valence-corrected chi connectivity index (χ1v) is 5.79. The third kappa shape index (κ3) is 2.75. The Bertz CT molecular complexity index is 404. The molecule has 0 saturated carbocycles. The van der Waals surface area contributed by atoms with Crippen LogP contribution in [0.2, 0.25) is 0 Å². The van der Waals surface area contributed by atoms with E-state index in [0.717, 1.165) is 31.6 Å². The lowest BCUT2D eigenvalue weighted by atomic mass is 9.92. The van der Waals surface area contributed by atoms with Gasteiger partial charge in [-0.1, -0.05) is 0 Å². The van der Waals surface area contributed by atoms with Crippen molar-refractivity contribution >= 4 is 5.69 Å². The summed E-state index contributed by atoms with van der Waals surface area (Å²) in [6.07, 6.45) is 0.739. The zero-order valence-electron chi connectivity index (χ0n) is 9.51. The van der Waals surface area contributed by atoms with Crippen LogP contribution in [0.15, 0.2) is 24.3 Å². The van der Waals surface area contributed by atoms with Gasteiger partial charge in [0.1, 0.15) is 11.9 Å². The number of benzene rings is 1. The second-order valence-corrected chi connectivity index (χ2v) is 4.37. The highest BCUT2D eigenvalue weighted by Gasteiger charge is 2.24. The second-order valence-electron chi connectivity index (χ2n) is 4.37. The first kappa shape index (κ1) is 11.9. The monoisotopic (exact) mass is 234 g/mol. The quantitative estimate of drug-likeness (QED) is 0.795. The minimum absolute atomic E-state index is 0.0664. The largest absolute Gasteiger partial charge is 0.378 e. The minimum Gasteiger partial charge on any atom is -0.378 e. The molecule has 1 aliphatic heterocycles. The lowest BCUT2D eigenvalue weighted by Crippen LogP contribution is -2.37. The fourth-order valence-electron chi connectivity index (χ4n) is 2.23. The van der Waals surface area contributed by atoms with Crippen LogP contribution in [0.4, 0.5) is 10.1 Å². The number of nitriles is 1. The third-order valence-corrected chi connectivity index (χ3v) is 3.31. The summed E-state index contributed by atoms with van der Waals surface area (Å²) in [6, 6.07) is 8.30. The normalized spacial score (nSPS) is 18.8. The molecule has 1 aromatic carbocycles. The number of halogens is 1. The first-order chi connectivity index (χ1) is 8.20. The van der Waals surface area contributed by atoms with Crippen molar-refractivity contribution < 1.29 is 9.50 Å². The van der Waals surface area contributed by atoms with E-state index in [9.17, 15) is 9.50 Å². The molecule has 1 unspecified atom stereocenters. The number of hydrogen-bond donors (Lipinski definition) is 1. The van der Waals surface area contributed by atoms with Crippen LogP contribution in [-0.2, 0) is 0 Å². The van der Waals surface area contributed by atoms with E-state index >= 15 is 0 Å². The van der Waals surface area contributed by atoms with Crippen molar-refractivity contribution in [2.45, 2.75) is 18.9 Å². The molecule has 0 spiro atoms. The van der Waals surface area contributed by atoms with E-state index < -0.39 is 6.10 Å². The lowest BCUT2D eigenvalue weighted by molar-refractivity contribution is 0.141. The average Bonchev–Trinajstić information content (AvgIpc) is 2.39. The summed E-state index contributed by atoms with van der Waals surface area (Å²) in [5.74, 6) is -0.166. The van der Waals surface area contributed by atoms with E-state index in [1.807, 2.05) is 6.07 Å². The van der Waals surface area contributed by atoms with Crippen LogP contribution in [-0.4, -0.2) is 24.3 Å². The molecule has 1 aromatic rings. The van der Waals surface area contributed by atoms with Crippen LogP contribution in [0, 0.1) is 23.1 Å². The molecule has 1 atom stereocenters. The lowest BCUT2D eigenvalue weighted by Gasteiger charge is -2.34. The molecule has 0 aliphatic carbocycles. The van der Waals surface area contributed by atoms with E-state index in [1.165, 1.54) is 12.1 Å². The van der Waals surface area contributed by atoms with Gasteiger partial charge in [0.15, 0.2) is 0 Å². The van der Waals surface area contributed by atoms with Gasteiger partial charge in [0.2, 0.25) is 0 Å². The Morgan fingerprint density at radius 2 is 1.88 bits per heavy atom. The van der Waals surface area contributed by atoms with E-state index in [4.69, 9.17) is 5.26 Å². The number of aliphatic hydroxyl groups is 1.